The van der Waals surface area contributed by atoms with E-state index in [2.05, 4.69) is 4.98 Å². The molecule has 1 aromatic heterocycles. The smallest absolute Gasteiger partial charge is 0.257 e. The Balaban J connectivity index is 2.24. The summed E-state index contributed by atoms with van der Waals surface area (Å²) in [5.41, 5.74) is 5.57. The summed E-state index contributed by atoms with van der Waals surface area (Å²) >= 11 is 4.89. The van der Waals surface area contributed by atoms with E-state index < -0.39 is 5.82 Å². The first-order chi connectivity index (χ1) is 9.09. The molecule has 0 spiro atoms. The second-order valence-electron chi connectivity index (χ2n) is 4.69. The second-order valence-corrected chi connectivity index (χ2v) is 5.22. The number of nitrogens with zero attached hydrogens (tertiary/aromatic N) is 2. The zero-order valence-electron chi connectivity index (χ0n) is 10.5. The summed E-state index contributed by atoms with van der Waals surface area (Å²) in [4.78, 5) is 17.9. The van der Waals surface area contributed by atoms with Crippen LogP contribution in [0.1, 0.15) is 36.0 Å². The lowest BCUT2D eigenvalue weighted by molar-refractivity contribution is 0.0709. The summed E-state index contributed by atoms with van der Waals surface area (Å²) < 4.78 is 13.7. The molecule has 1 amide bonds. The lowest BCUT2D eigenvalue weighted by Gasteiger charge is -2.28. The van der Waals surface area contributed by atoms with E-state index in [1.165, 1.54) is 12.3 Å². The third-order valence-electron chi connectivity index (χ3n) is 3.36. The van der Waals surface area contributed by atoms with E-state index in [9.17, 15) is 9.18 Å². The summed E-state index contributed by atoms with van der Waals surface area (Å²) in [6.45, 7) is 0.195. The van der Waals surface area contributed by atoms with Crippen molar-refractivity contribution in [3.05, 3.63) is 29.8 Å². The molecule has 0 bridgehead atoms. The normalized spacial score (nSPS) is 15.4. The van der Waals surface area contributed by atoms with Crippen molar-refractivity contribution in [1.82, 2.24) is 9.88 Å². The first-order valence-corrected chi connectivity index (χ1v) is 6.69. The topological polar surface area (TPSA) is 59.2 Å². The molecule has 1 saturated carbocycles. The minimum absolute atomic E-state index is 0.0261. The fourth-order valence-electron chi connectivity index (χ4n) is 2.45. The van der Waals surface area contributed by atoms with E-state index in [0.29, 0.717) is 0 Å². The molecule has 4 nitrogen and oxygen atoms in total. The quantitative estimate of drug-likeness (QED) is 0.856. The van der Waals surface area contributed by atoms with Crippen LogP contribution in [0.4, 0.5) is 4.39 Å². The molecule has 19 heavy (non-hydrogen) atoms. The average molecular weight is 281 g/mol. The molecule has 0 radical (unpaired) electrons. The average Bonchev–Trinajstić information content (AvgIpc) is 2.89. The summed E-state index contributed by atoms with van der Waals surface area (Å²) in [6, 6.07) is 1.49. The molecule has 2 rings (SSSR count). The zero-order valence-corrected chi connectivity index (χ0v) is 11.3. The van der Waals surface area contributed by atoms with Gasteiger partial charge in [-0.1, -0.05) is 25.1 Å². The molecule has 0 aliphatic heterocycles. The van der Waals surface area contributed by atoms with Crippen LogP contribution in [0.25, 0.3) is 0 Å². The molecule has 1 aliphatic rings. The Morgan fingerprint density at radius 2 is 2.21 bits per heavy atom. The zero-order chi connectivity index (χ0) is 13.8. The first kappa shape index (κ1) is 13.9. The number of halogens is 1. The molecule has 0 atom stereocenters. The monoisotopic (exact) mass is 281 g/mol. The van der Waals surface area contributed by atoms with Gasteiger partial charge in [-0.3, -0.25) is 9.78 Å². The van der Waals surface area contributed by atoms with Gasteiger partial charge in [0.2, 0.25) is 0 Å². The Kier molecular flexibility index (Phi) is 4.42. The number of nitrogens with two attached hydrogens (primary N) is 1. The number of carbonyl (C=O) groups excluding carboxylic acids is 1. The largest absolute Gasteiger partial charge is 0.392 e. The third kappa shape index (κ3) is 3.26. The maximum Gasteiger partial charge on any atom is 0.257 e. The number of amides is 1. The summed E-state index contributed by atoms with van der Waals surface area (Å²) in [7, 11) is 0. The van der Waals surface area contributed by atoms with Crippen LogP contribution in [-0.2, 0) is 0 Å². The summed E-state index contributed by atoms with van der Waals surface area (Å²) in [5.74, 6) is -0.974. The number of pyridine rings is 1. The highest BCUT2D eigenvalue weighted by Gasteiger charge is 2.29. The predicted octanol–water partition coefficient (Wildman–Crippen LogP) is 1.89. The van der Waals surface area contributed by atoms with Gasteiger partial charge in [0.05, 0.1) is 23.3 Å². The number of carbonyl (C=O) groups is 1. The van der Waals surface area contributed by atoms with Gasteiger partial charge in [0, 0.05) is 12.2 Å². The summed E-state index contributed by atoms with van der Waals surface area (Å²) in [6.07, 6.45) is 6.43. The highest BCUT2D eigenvalue weighted by molar-refractivity contribution is 7.80. The van der Waals surface area contributed by atoms with Crippen molar-refractivity contribution in [2.24, 2.45) is 5.73 Å². The maximum absolute atomic E-state index is 13.7. The molecule has 6 heteroatoms. The molecule has 1 aromatic rings. The molecule has 0 aromatic carbocycles. The van der Waals surface area contributed by atoms with Crippen molar-refractivity contribution in [2.45, 2.75) is 31.7 Å². The van der Waals surface area contributed by atoms with Crippen LogP contribution in [0.2, 0.25) is 0 Å². The number of hydrogen-bond acceptors (Lipinski definition) is 3. The molecule has 102 valence electrons. The highest BCUT2D eigenvalue weighted by atomic mass is 32.1. The lowest BCUT2D eigenvalue weighted by atomic mass is 10.1. The Labute approximate surface area is 116 Å². The van der Waals surface area contributed by atoms with Crippen LogP contribution in [-0.4, -0.2) is 33.4 Å². The van der Waals surface area contributed by atoms with Gasteiger partial charge >= 0.3 is 0 Å². The van der Waals surface area contributed by atoms with E-state index in [4.69, 9.17) is 18.0 Å². The molecule has 0 saturated heterocycles. The van der Waals surface area contributed by atoms with Gasteiger partial charge in [0.1, 0.15) is 0 Å². The molecule has 1 heterocycles. The SMILES string of the molecule is NC(=S)CN(C(=O)c1ccncc1F)C1CCCC1. The van der Waals surface area contributed by atoms with Crippen molar-refractivity contribution in [1.29, 1.82) is 0 Å². The highest BCUT2D eigenvalue weighted by Crippen LogP contribution is 2.25. The van der Waals surface area contributed by atoms with Crippen molar-refractivity contribution in [3.63, 3.8) is 0 Å². The molecular formula is C13H16FN3OS. The van der Waals surface area contributed by atoms with Gasteiger partial charge in [0.25, 0.3) is 5.91 Å². The van der Waals surface area contributed by atoms with Crippen molar-refractivity contribution in [2.75, 3.05) is 6.54 Å². The second kappa shape index (κ2) is 6.06. The Morgan fingerprint density at radius 3 is 2.79 bits per heavy atom. The molecular weight excluding hydrogens is 265 g/mol. The Bertz CT molecular complexity index is 489. The van der Waals surface area contributed by atoms with Crippen molar-refractivity contribution >= 4 is 23.1 Å². The minimum atomic E-state index is -0.613. The number of rotatable bonds is 4. The first-order valence-electron chi connectivity index (χ1n) is 6.28. The van der Waals surface area contributed by atoms with Crippen LogP contribution < -0.4 is 5.73 Å². The van der Waals surface area contributed by atoms with Crippen LogP contribution in [0.3, 0.4) is 0 Å². The standard InChI is InChI=1S/C13H16FN3OS/c14-11-7-16-6-5-10(11)13(18)17(8-12(15)19)9-3-1-2-4-9/h5-7,9H,1-4,8H2,(H2,15,19). The molecule has 1 fully saturated rings. The van der Waals surface area contributed by atoms with Gasteiger partial charge in [-0.25, -0.2) is 4.39 Å². The Hall–Kier alpha value is -1.56. The van der Waals surface area contributed by atoms with Crippen LogP contribution in [0.15, 0.2) is 18.5 Å². The van der Waals surface area contributed by atoms with Gasteiger partial charge in [-0.2, -0.15) is 0 Å². The van der Waals surface area contributed by atoms with Crippen LogP contribution in [0, 0.1) is 5.82 Å². The fourth-order valence-corrected chi connectivity index (χ4v) is 2.59. The van der Waals surface area contributed by atoms with Crippen molar-refractivity contribution < 1.29 is 9.18 Å². The van der Waals surface area contributed by atoms with E-state index >= 15 is 0 Å². The van der Waals surface area contributed by atoms with Gasteiger partial charge in [-0.15, -0.1) is 0 Å². The minimum Gasteiger partial charge on any atom is -0.392 e. The number of thiocarbonyl (C=S) groups is 1. The summed E-state index contributed by atoms with van der Waals surface area (Å²) in [5, 5.41) is 0. The van der Waals surface area contributed by atoms with E-state index in [1.54, 1.807) is 4.90 Å². The van der Waals surface area contributed by atoms with E-state index in [1.807, 2.05) is 0 Å². The lowest BCUT2D eigenvalue weighted by Crippen LogP contribution is -2.43. The fraction of sp³-hybridized carbons (Fsp3) is 0.462. The van der Waals surface area contributed by atoms with E-state index in [-0.39, 0.29) is 29.0 Å². The van der Waals surface area contributed by atoms with Gasteiger partial charge < -0.3 is 10.6 Å². The van der Waals surface area contributed by atoms with Crippen LogP contribution in [0.5, 0.6) is 0 Å². The molecule has 1 aliphatic carbocycles. The molecule has 2 N–H and O–H groups in total. The van der Waals surface area contributed by atoms with Gasteiger partial charge in [0.15, 0.2) is 5.82 Å². The Morgan fingerprint density at radius 1 is 1.53 bits per heavy atom. The third-order valence-corrected chi connectivity index (χ3v) is 3.48. The predicted molar refractivity (Wildman–Crippen MR) is 74.3 cm³/mol. The van der Waals surface area contributed by atoms with E-state index in [0.717, 1.165) is 31.9 Å². The maximum atomic E-state index is 13.7. The van der Waals surface area contributed by atoms with Crippen LogP contribution >= 0.6 is 12.2 Å². The van der Waals surface area contributed by atoms with Crippen molar-refractivity contribution in [3.8, 4) is 0 Å². The number of aromatic nitrogens is 1. The van der Waals surface area contributed by atoms with Gasteiger partial charge in [-0.05, 0) is 18.9 Å². The molecule has 0 unspecified atom stereocenters. The number of hydrogen-bond donors (Lipinski definition) is 1.